The zero-order chi connectivity index (χ0) is 14.9. The summed E-state index contributed by atoms with van der Waals surface area (Å²) in [5.41, 5.74) is 2.38. The molecule has 6 nitrogen and oxygen atoms in total. The van der Waals surface area contributed by atoms with E-state index in [9.17, 15) is 8.42 Å². The van der Waals surface area contributed by atoms with Gasteiger partial charge in [-0.15, -0.1) is 11.3 Å². The van der Waals surface area contributed by atoms with E-state index in [0.717, 1.165) is 0 Å². The van der Waals surface area contributed by atoms with Crippen LogP contribution in [0.5, 0.6) is 0 Å². The summed E-state index contributed by atoms with van der Waals surface area (Å²) in [4.78, 5) is 4.25. The number of hydrogen-bond acceptors (Lipinski definition) is 6. The van der Waals surface area contributed by atoms with E-state index >= 15 is 0 Å². The van der Waals surface area contributed by atoms with Gasteiger partial charge in [-0.1, -0.05) is 0 Å². The second kappa shape index (κ2) is 5.88. The molecule has 2 N–H and O–H groups in total. The lowest BCUT2D eigenvalue weighted by Gasteiger charge is -2.03. The van der Waals surface area contributed by atoms with E-state index in [1.165, 1.54) is 24.2 Å². The average Bonchev–Trinajstić information content (AvgIpc) is 2.97. The fourth-order valence-electron chi connectivity index (χ4n) is 1.98. The molecule has 0 amide bonds. The van der Waals surface area contributed by atoms with Crippen LogP contribution >= 0.6 is 11.3 Å². The molecular weight excluding hydrogens is 310 g/mol. The molecule has 0 atom stereocenters. The van der Waals surface area contributed by atoms with Crippen LogP contribution in [0.2, 0.25) is 0 Å². The fraction of sp³-hybridized carbons (Fsp3) is 0.462. The molecule has 8 heteroatoms. The highest BCUT2D eigenvalue weighted by Crippen LogP contribution is 2.23. The Kier molecular flexibility index (Phi) is 4.12. The average molecular weight is 327 g/mol. The van der Waals surface area contributed by atoms with E-state index < -0.39 is 10.0 Å². The number of aryl methyl sites for hydroxylation is 1. The van der Waals surface area contributed by atoms with Crippen LogP contribution < -0.4 is 10.0 Å². The highest BCUT2D eigenvalue weighted by molar-refractivity contribution is 7.89. The zero-order valence-electron chi connectivity index (χ0n) is 11.6. The molecule has 0 unspecified atom stereocenters. The third kappa shape index (κ3) is 3.70. The van der Waals surface area contributed by atoms with Crippen LogP contribution in [0.25, 0.3) is 0 Å². The Labute approximate surface area is 127 Å². The lowest BCUT2D eigenvalue weighted by Crippen LogP contribution is -2.23. The molecular formula is C13H17N3O3S2. The zero-order valence-corrected chi connectivity index (χ0v) is 13.3. The van der Waals surface area contributed by atoms with Crippen LogP contribution in [0, 0.1) is 6.92 Å². The predicted octanol–water partition coefficient (Wildman–Crippen LogP) is 1.78. The highest BCUT2D eigenvalue weighted by Gasteiger charge is 2.24. The molecule has 2 aromatic rings. The van der Waals surface area contributed by atoms with Crippen molar-refractivity contribution in [2.75, 3.05) is 0 Å². The predicted molar refractivity (Wildman–Crippen MR) is 79.4 cm³/mol. The summed E-state index contributed by atoms with van der Waals surface area (Å²) >= 11 is 1.44. The summed E-state index contributed by atoms with van der Waals surface area (Å²) < 4.78 is 32.7. The minimum absolute atomic E-state index is 0.187. The van der Waals surface area contributed by atoms with Gasteiger partial charge in [0.1, 0.15) is 16.4 Å². The number of rotatable bonds is 7. The summed E-state index contributed by atoms with van der Waals surface area (Å²) in [5.74, 6) is 1.06. The largest absolute Gasteiger partial charge is 0.464 e. The van der Waals surface area contributed by atoms with Crippen molar-refractivity contribution < 1.29 is 12.8 Å². The van der Waals surface area contributed by atoms with Crippen LogP contribution in [0.15, 0.2) is 26.3 Å². The van der Waals surface area contributed by atoms with E-state index in [1.807, 2.05) is 5.38 Å². The molecule has 1 saturated carbocycles. The first-order valence-corrected chi connectivity index (χ1v) is 9.16. The molecule has 0 saturated heterocycles. The van der Waals surface area contributed by atoms with E-state index in [1.54, 1.807) is 18.5 Å². The van der Waals surface area contributed by atoms with Gasteiger partial charge in [-0.05, 0) is 19.8 Å². The monoisotopic (exact) mass is 327 g/mol. The fourth-order valence-corrected chi connectivity index (χ4v) is 3.74. The minimum atomic E-state index is -3.58. The molecule has 0 radical (unpaired) electrons. The van der Waals surface area contributed by atoms with Gasteiger partial charge in [0.05, 0.1) is 24.3 Å². The Bertz CT molecular complexity index is 703. The maximum absolute atomic E-state index is 12.3. The number of hydrogen-bond donors (Lipinski definition) is 2. The van der Waals surface area contributed by atoms with Gasteiger partial charge in [0.2, 0.25) is 10.0 Å². The molecule has 1 aliphatic rings. The Hall–Kier alpha value is -1.22. The maximum Gasteiger partial charge on any atom is 0.244 e. The van der Waals surface area contributed by atoms with E-state index in [-0.39, 0.29) is 11.4 Å². The number of nitrogens with zero attached hydrogens (tertiary/aromatic N) is 1. The van der Waals surface area contributed by atoms with Crippen LogP contribution in [-0.2, 0) is 23.1 Å². The third-order valence-electron chi connectivity index (χ3n) is 3.28. The number of sulfonamides is 1. The summed E-state index contributed by atoms with van der Waals surface area (Å²) in [6.45, 7) is 2.41. The van der Waals surface area contributed by atoms with Crippen molar-refractivity contribution >= 4 is 21.4 Å². The highest BCUT2D eigenvalue weighted by atomic mass is 32.2. The Balaban J connectivity index is 1.68. The summed E-state index contributed by atoms with van der Waals surface area (Å²) in [5, 5.41) is 5.12. The van der Waals surface area contributed by atoms with Crippen molar-refractivity contribution in [2.45, 2.75) is 43.8 Å². The van der Waals surface area contributed by atoms with Crippen molar-refractivity contribution in [3.8, 4) is 0 Å². The van der Waals surface area contributed by atoms with Crippen LogP contribution in [0.1, 0.15) is 30.1 Å². The molecule has 0 aliphatic heterocycles. The molecule has 1 aliphatic carbocycles. The lowest BCUT2D eigenvalue weighted by molar-refractivity contribution is 0.456. The molecule has 114 valence electrons. The van der Waals surface area contributed by atoms with Gasteiger partial charge in [0.25, 0.3) is 0 Å². The Morgan fingerprint density at radius 2 is 2.24 bits per heavy atom. The number of aromatic nitrogens is 1. The molecule has 2 aromatic heterocycles. The second-order valence-electron chi connectivity index (χ2n) is 5.09. The molecule has 1 fully saturated rings. The van der Waals surface area contributed by atoms with Crippen LogP contribution in [-0.4, -0.2) is 19.4 Å². The minimum Gasteiger partial charge on any atom is -0.464 e. The first-order chi connectivity index (χ1) is 10.0. The molecule has 0 aromatic carbocycles. The molecule has 3 rings (SSSR count). The number of furan rings is 1. The summed E-state index contributed by atoms with van der Waals surface area (Å²) in [6.07, 6.45) is 2.36. The molecule has 21 heavy (non-hydrogen) atoms. The molecule has 0 bridgehead atoms. The van der Waals surface area contributed by atoms with E-state index in [2.05, 4.69) is 15.0 Å². The summed E-state index contributed by atoms with van der Waals surface area (Å²) in [7, 11) is -3.58. The van der Waals surface area contributed by atoms with Crippen molar-refractivity contribution in [1.82, 2.24) is 15.0 Å². The number of thiazole rings is 1. The standard InChI is InChI=1S/C13H17N3O3S2/c1-9-13(4-12(19-9)6-14-10-2-3-10)21(17,18)16-5-11-7-20-8-15-11/h4,7-8,10,14,16H,2-3,5-6H2,1H3. The van der Waals surface area contributed by atoms with Crippen LogP contribution in [0.3, 0.4) is 0 Å². The lowest BCUT2D eigenvalue weighted by atomic mass is 10.4. The van der Waals surface area contributed by atoms with Gasteiger partial charge < -0.3 is 9.73 Å². The maximum atomic E-state index is 12.3. The first-order valence-electron chi connectivity index (χ1n) is 6.74. The Morgan fingerprint density at radius 3 is 2.90 bits per heavy atom. The van der Waals surface area contributed by atoms with Crippen LogP contribution in [0.4, 0.5) is 0 Å². The number of nitrogens with one attached hydrogen (secondary N) is 2. The van der Waals surface area contributed by atoms with Gasteiger partial charge in [-0.25, -0.2) is 18.1 Å². The van der Waals surface area contributed by atoms with E-state index in [0.29, 0.717) is 29.8 Å². The van der Waals surface area contributed by atoms with Crippen molar-refractivity contribution in [1.29, 1.82) is 0 Å². The quantitative estimate of drug-likeness (QED) is 0.810. The van der Waals surface area contributed by atoms with Gasteiger partial charge in [-0.2, -0.15) is 0 Å². The smallest absolute Gasteiger partial charge is 0.244 e. The normalized spacial score (nSPS) is 15.5. The van der Waals surface area contributed by atoms with Gasteiger partial charge >= 0.3 is 0 Å². The first kappa shape index (κ1) is 14.7. The third-order valence-corrected chi connectivity index (χ3v) is 5.43. The van der Waals surface area contributed by atoms with E-state index in [4.69, 9.17) is 4.42 Å². The van der Waals surface area contributed by atoms with Crippen molar-refractivity contribution in [2.24, 2.45) is 0 Å². The topological polar surface area (TPSA) is 84.2 Å². The van der Waals surface area contributed by atoms with Gasteiger partial charge in [0.15, 0.2) is 0 Å². The van der Waals surface area contributed by atoms with Gasteiger partial charge in [0, 0.05) is 17.5 Å². The molecule has 0 spiro atoms. The molecule has 2 heterocycles. The van der Waals surface area contributed by atoms with Gasteiger partial charge in [-0.3, -0.25) is 0 Å². The SMILES string of the molecule is Cc1oc(CNC2CC2)cc1S(=O)(=O)NCc1cscn1. The van der Waals surface area contributed by atoms with Crippen molar-refractivity contribution in [3.63, 3.8) is 0 Å². The summed E-state index contributed by atoms with van der Waals surface area (Å²) in [6, 6.07) is 2.15. The second-order valence-corrected chi connectivity index (χ2v) is 7.55. The van der Waals surface area contributed by atoms with Crippen molar-refractivity contribution in [3.05, 3.63) is 34.2 Å². The Morgan fingerprint density at radius 1 is 1.43 bits per heavy atom.